The zero-order valence-electron chi connectivity index (χ0n) is 13.9. The van der Waals surface area contributed by atoms with Gasteiger partial charge >= 0.3 is 0 Å². The summed E-state index contributed by atoms with van der Waals surface area (Å²) in [7, 11) is 0. The molecule has 124 valence electrons. The van der Waals surface area contributed by atoms with Crippen molar-refractivity contribution in [2.45, 2.75) is 45.2 Å². The zero-order valence-corrected chi connectivity index (χ0v) is 13.9. The van der Waals surface area contributed by atoms with Crippen molar-refractivity contribution in [1.29, 1.82) is 0 Å². The number of nitrogens with zero attached hydrogens (tertiary/aromatic N) is 2. The molecule has 0 spiro atoms. The fourth-order valence-electron chi connectivity index (χ4n) is 4.04. The molecule has 0 radical (unpaired) electrons. The van der Waals surface area contributed by atoms with E-state index in [2.05, 4.69) is 11.8 Å². The first-order chi connectivity index (χ1) is 11.0. The largest absolute Gasteiger partial charge is 0.366 e. The molecule has 2 heterocycles. The number of fused-ring (bicyclic) bond motifs is 1. The topological polar surface area (TPSA) is 66.6 Å². The Hall–Kier alpha value is -1.88. The number of carbonyl (C=O) groups excluding carboxylic acids is 2. The maximum Gasteiger partial charge on any atom is 0.255 e. The molecule has 1 atom stereocenters. The molecule has 2 N–H and O–H groups in total. The smallest absolute Gasteiger partial charge is 0.255 e. The van der Waals surface area contributed by atoms with Crippen LogP contribution in [0.25, 0.3) is 0 Å². The SMILES string of the molecule is CCCN1CCC(N2C(=O)c3c(C(N)=O)cccc3C2C)CC1. The Labute approximate surface area is 137 Å². The molecule has 5 heteroatoms. The van der Waals surface area contributed by atoms with Crippen LogP contribution in [0.5, 0.6) is 0 Å². The molecule has 3 rings (SSSR count). The molecule has 1 aromatic carbocycles. The number of hydrogen-bond donors (Lipinski definition) is 1. The van der Waals surface area contributed by atoms with Gasteiger partial charge in [0.15, 0.2) is 0 Å². The Balaban J connectivity index is 1.83. The summed E-state index contributed by atoms with van der Waals surface area (Å²) in [5.41, 5.74) is 7.26. The van der Waals surface area contributed by atoms with E-state index in [4.69, 9.17) is 5.73 Å². The second-order valence-corrected chi connectivity index (χ2v) is 6.60. The number of rotatable bonds is 4. The maximum absolute atomic E-state index is 12.9. The number of hydrogen-bond acceptors (Lipinski definition) is 3. The van der Waals surface area contributed by atoms with E-state index in [-0.39, 0.29) is 18.0 Å². The van der Waals surface area contributed by atoms with Crippen molar-refractivity contribution in [2.24, 2.45) is 5.73 Å². The van der Waals surface area contributed by atoms with Crippen LogP contribution in [-0.4, -0.2) is 47.3 Å². The van der Waals surface area contributed by atoms with Crippen LogP contribution in [0, 0.1) is 0 Å². The highest BCUT2D eigenvalue weighted by Crippen LogP contribution is 2.38. The Bertz CT molecular complexity index is 621. The van der Waals surface area contributed by atoms with Gasteiger partial charge in [-0.05, 0) is 44.4 Å². The van der Waals surface area contributed by atoms with Crippen molar-refractivity contribution < 1.29 is 9.59 Å². The van der Waals surface area contributed by atoms with E-state index in [0.29, 0.717) is 11.1 Å². The maximum atomic E-state index is 12.9. The Morgan fingerprint density at radius 2 is 2.00 bits per heavy atom. The second kappa shape index (κ2) is 6.32. The third-order valence-electron chi connectivity index (χ3n) is 5.17. The van der Waals surface area contributed by atoms with Gasteiger partial charge in [0.05, 0.1) is 17.2 Å². The van der Waals surface area contributed by atoms with E-state index in [1.165, 1.54) is 0 Å². The van der Waals surface area contributed by atoms with Crippen LogP contribution in [0.1, 0.15) is 65.4 Å². The lowest BCUT2D eigenvalue weighted by Crippen LogP contribution is -2.46. The minimum Gasteiger partial charge on any atom is -0.366 e. The molecule has 1 unspecified atom stereocenters. The molecule has 5 nitrogen and oxygen atoms in total. The van der Waals surface area contributed by atoms with Gasteiger partial charge in [-0.1, -0.05) is 19.1 Å². The van der Waals surface area contributed by atoms with Crippen LogP contribution < -0.4 is 5.73 Å². The number of nitrogens with two attached hydrogens (primary N) is 1. The van der Waals surface area contributed by atoms with Gasteiger partial charge in [-0.25, -0.2) is 0 Å². The number of primary amides is 1. The number of likely N-dealkylation sites (tertiary alicyclic amines) is 1. The van der Waals surface area contributed by atoms with Crippen LogP contribution in [-0.2, 0) is 0 Å². The third-order valence-corrected chi connectivity index (χ3v) is 5.17. The van der Waals surface area contributed by atoms with E-state index in [9.17, 15) is 9.59 Å². The van der Waals surface area contributed by atoms with Crippen LogP contribution >= 0.6 is 0 Å². The molecule has 1 aromatic rings. The van der Waals surface area contributed by atoms with E-state index in [1.54, 1.807) is 6.07 Å². The number of amides is 2. The predicted molar refractivity (Wildman–Crippen MR) is 89.3 cm³/mol. The Morgan fingerprint density at radius 1 is 1.30 bits per heavy atom. The average Bonchev–Trinajstić information content (AvgIpc) is 2.80. The van der Waals surface area contributed by atoms with Crippen LogP contribution in [0.4, 0.5) is 0 Å². The third kappa shape index (κ3) is 2.74. The van der Waals surface area contributed by atoms with Gasteiger partial charge in [0, 0.05) is 19.1 Å². The summed E-state index contributed by atoms with van der Waals surface area (Å²) in [4.78, 5) is 29.0. The summed E-state index contributed by atoms with van der Waals surface area (Å²) in [6.07, 6.45) is 3.16. The molecule has 0 aromatic heterocycles. The zero-order chi connectivity index (χ0) is 16.6. The number of benzene rings is 1. The molecule has 1 saturated heterocycles. The predicted octanol–water partition coefficient (Wildman–Crippen LogP) is 2.18. The van der Waals surface area contributed by atoms with Gasteiger partial charge in [-0.3, -0.25) is 9.59 Å². The fraction of sp³-hybridized carbons (Fsp3) is 0.556. The average molecular weight is 315 g/mol. The quantitative estimate of drug-likeness (QED) is 0.926. The molecule has 0 aliphatic carbocycles. The first kappa shape index (κ1) is 16.0. The van der Waals surface area contributed by atoms with Crippen LogP contribution in [0.2, 0.25) is 0 Å². The second-order valence-electron chi connectivity index (χ2n) is 6.60. The lowest BCUT2D eigenvalue weighted by molar-refractivity contribution is 0.0518. The van der Waals surface area contributed by atoms with Crippen LogP contribution in [0.3, 0.4) is 0 Å². The van der Waals surface area contributed by atoms with Gasteiger partial charge in [-0.2, -0.15) is 0 Å². The van der Waals surface area contributed by atoms with E-state index >= 15 is 0 Å². The summed E-state index contributed by atoms with van der Waals surface area (Å²) < 4.78 is 0. The van der Waals surface area contributed by atoms with Gasteiger partial charge in [0.2, 0.25) is 5.91 Å². The molecule has 2 amide bonds. The van der Waals surface area contributed by atoms with Gasteiger partial charge in [-0.15, -0.1) is 0 Å². The van der Waals surface area contributed by atoms with Crippen molar-refractivity contribution in [3.8, 4) is 0 Å². The molecule has 2 aliphatic heterocycles. The fourth-order valence-corrected chi connectivity index (χ4v) is 4.04. The van der Waals surface area contributed by atoms with Crippen LogP contribution in [0.15, 0.2) is 18.2 Å². The van der Waals surface area contributed by atoms with Crippen molar-refractivity contribution in [3.63, 3.8) is 0 Å². The summed E-state index contributed by atoms with van der Waals surface area (Å²) >= 11 is 0. The molecule has 0 saturated carbocycles. The Kier molecular flexibility index (Phi) is 4.39. The summed E-state index contributed by atoms with van der Waals surface area (Å²) in [5, 5.41) is 0. The molecule has 1 fully saturated rings. The normalized spacial score (nSPS) is 22.4. The lowest BCUT2D eigenvalue weighted by atomic mass is 9.99. The van der Waals surface area contributed by atoms with Crippen molar-refractivity contribution in [1.82, 2.24) is 9.80 Å². The van der Waals surface area contributed by atoms with Crippen molar-refractivity contribution >= 4 is 11.8 Å². The summed E-state index contributed by atoms with van der Waals surface area (Å²) in [6.45, 7) is 7.44. The highest BCUT2D eigenvalue weighted by molar-refractivity contribution is 6.09. The number of piperidine rings is 1. The minimum atomic E-state index is -0.526. The van der Waals surface area contributed by atoms with Crippen molar-refractivity contribution in [3.05, 3.63) is 34.9 Å². The molecule has 23 heavy (non-hydrogen) atoms. The first-order valence-corrected chi connectivity index (χ1v) is 8.52. The molecular weight excluding hydrogens is 290 g/mol. The van der Waals surface area contributed by atoms with E-state index < -0.39 is 5.91 Å². The molecule has 2 aliphatic rings. The van der Waals surface area contributed by atoms with Gasteiger partial charge in [0.25, 0.3) is 5.91 Å². The van der Waals surface area contributed by atoms with E-state index in [1.807, 2.05) is 24.0 Å². The molecular formula is C18H25N3O2. The highest BCUT2D eigenvalue weighted by atomic mass is 16.2. The van der Waals surface area contributed by atoms with Gasteiger partial charge < -0.3 is 15.5 Å². The highest BCUT2D eigenvalue weighted by Gasteiger charge is 2.41. The standard InChI is InChI=1S/C18H25N3O2/c1-3-9-20-10-7-13(8-11-20)21-12(2)14-5-4-6-15(17(19)22)16(14)18(21)23/h4-6,12-13H,3,7-11H2,1-2H3,(H2,19,22). The summed E-state index contributed by atoms with van der Waals surface area (Å²) in [6, 6.07) is 5.67. The minimum absolute atomic E-state index is 0.0134. The van der Waals surface area contributed by atoms with E-state index in [0.717, 1.165) is 44.5 Å². The monoisotopic (exact) mass is 315 g/mol. The lowest BCUT2D eigenvalue weighted by Gasteiger charge is -2.38. The summed E-state index contributed by atoms with van der Waals surface area (Å²) in [5.74, 6) is -0.558. The first-order valence-electron chi connectivity index (χ1n) is 8.52. The molecule has 0 bridgehead atoms. The number of carbonyl (C=O) groups is 2. The Morgan fingerprint density at radius 3 is 2.61 bits per heavy atom. The van der Waals surface area contributed by atoms with Gasteiger partial charge in [0.1, 0.15) is 0 Å². The van der Waals surface area contributed by atoms with Crippen molar-refractivity contribution in [2.75, 3.05) is 19.6 Å².